The number of aryl methyl sites for hydroxylation is 2. The fraction of sp³-hybridized carbons (Fsp3) is 0.600. The van der Waals surface area contributed by atoms with Crippen molar-refractivity contribution in [3.8, 4) is 0 Å². The van der Waals surface area contributed by atoms with Gasteiger partial charge in [0.1, 0.15) is 0 Å². The third-order valence-electron chi connectivity index (χ3n) is 3.40. The van der Waals surface area contributed by atoms with E-state index in [4.69, 9.17) is 5.11 Å². The van der Waals surface area contributed by atoms with Gasteiger partial charge in [-0.25, -0.2) is 0 Å². The lowest BCUT2D eigenvalue weighted by Gasteiger charge is -2.24. The zero-order valence-corrected chi connectivity index (χ0v) is 11.8. The second-order valence-corrected chi connectivity index (χ2v) is 5.24. The average molecular weight is 251 g/mol. The van der Waals surface area contributed by atoms with Crippen molar-refractivity contribution in [3.05, 3.63) is 34.9 Å². The molecule has 3 heteroatoms. The summed E-state index contributed by atoms with van der Waals surface area (Å²) in [6, 6.07) is 6.31. The van der Waals surface area contributed by atoms with Crippen LogP contribution in [0.4, 0.5) is 0 Å². The maximum absolute atomic E-state index is 10.2. The van der Waals surface area contributed by atoms with Crippen LogP contribution in [0.15, 0.2) is 18.2 Å². The van der Waals surface area contributed by atoms with E-state index < -0.39 is 6.10 Å². The van der Waals surface area contributed by atoms with Crippen molar-refractivity contribution in [1.82, 2.24) is 4.90 Å². The third kappa shape index (κ3) is 4.41. The molecule has 102 valence electrons. The lowest BCUT2D eigenvalue weighted by molar-refractivity contribution is 0.117. The number of nitrogens with zero attached hydrogens (tertiary/aromatic N) is 1. The molecule has 1 aromatic rings. The zero-order chi connectivity index (χ0) is 13.7. The van der Waals surface area contributed by atoms with E-state index in [1.807, 2.05) is 40.0 Å². The molecule has 2 atom stereocenters. The molecule has 3 nitrogen and oxygen atoms in total. The zero-order valence-electron chi connectivity index (χ0n) is 11.8. The maximum Gasteiger partial charge on any atom is 0.0802 e. The number of rotatable bonds is 6. The van der Waals surface area contributed by atoms with Crippen LogP contribution >= 0.6 is 0 Å². The van der Waals surface area contributed by atoms with E-state index in [2.05, 4.69) is 11.0 Å². The first-order valence-corrected chi connectivity index (χ1v) is 6.51. The fourth-order valence-corrected chi connectivity index (χ4v) is 2.05. The van der Waals surface area contributed by atoms with Gasteiger partial charge in [-0.05, 0) is 39.8 Å². The monoisotopic (exact) mass is 251 g/mol. The molecule has 0 radical (unpaired) electrons. The molecular weight excluding hydrogens is 226 g/mol. The normalized spacial score (nSPS) is 14.8. The number of benzene rings is 1. The summed E-state index contributed by atoms with van der Waals surface area (Å²) in [7, 11) is 1.97. The highest BCUT2D eigenvalue weighted by molar-refractivity contribution is 5.29. The molecule has 0 amide bonds. The van der Waals surface area contributed by atoms with Crippen LogP contribution in [0.5, 0.6) is 0 Å². The van der Waals surface area contributed by atoms with E-state index in [1.165, 1.54) is 11.1 Å². The maximum atomic E-state index is 10.2. The van der Waals surface area contributed by atoms with Gasteiger partial charge in [-0.15, -0.1) is 0 Å². The largest absolute Gasteiger partial charge is 0.395 e. The molecule has 2 N–H and O–H groups in total. The van der Waals surface area contributed by atoms with Crippen molar-refractivity contribution in [1.29, 1.82) is 0 Å². The molecule has 0 aliphatic carbocycles. The van der Waals surface area contributed by atoms with Crippen molar-refractivity contribution < 1.29 is 10.2 Å². The van der Waals surface area contributed by atoms with Gasteiger partial charge in [0.25, 0.3) is 0 Å². The number of hydrogen-bond donors (Lipinski definition) is 2. The van der Waals surface area contributed by atoms with Gasteiger partial charge < -0.3 is 15.1 Å². The van der Waals surface area contributed by atoms with Gasteiger partial charge in [0.05, 0.1) is 12.7 Å². The molecule has 0 aromatic heterocycles. The molecule has 2 unspecified atom stereocenters. The summed E-state index contributed by atoms with van der Waals surface area (Å²) in [5.41, 5.74) is 3.35. The summed E-state index contributed by atoms with van der Waals surface area (Å²) >= 11 is 0. The van der Waals surface area contributed by atoms with Gasteiger partial charge in [-0.2, -0.15) is 0 Å². The molecule has 18 heavy (non-hydrogen) atoms. The van der Waals surface area contributed by atoms with E-state index in [1.54, 1.807) is 0 Å². The summed E-state index contributed by atoms with van der Waals surface area (Å²) in [6.07, 6.45) is 0.251. The Labute approximate surface area is 110 Å². The van der Waals surface area contributed by atoms with Gasteiger partial charge in [-0.1, -0.05) is 29.3 Å². The van der Waals surface area contributed by atoms with E-state index in [-0.39, 0.29) is 12.6 Å². The standard InChI is InChI=1S/C15H25NO2/c1-11-7-12(2)9-14(8-11)15(18)5-6-16(4)13(3)10-17/h7-9,13,15,17-18H,5-6,10H2,1-4H3. The van der Waals surface area contributed by atoms with Crippen molar-refractivity contribution in [2.45, 2.75) is 39.3 Å². The van der Waals surface area contributed by atoms with Crippen molar-refractivity contribution in [2.75, 3.05) is 20.2 Å². The highest BCUT2D eigenvalue weighted by Gasteiger charge is 2.12. The van der Waals surface area contributed by atoms with Crippen LogP contribution in [0.2, 0.25) is 0 Å². The molecule has 0 heterocycles. The Kier molecular flexibility index (Phi) is 5.79. The lowest BCUT2D eigenvalue weighted by atomic mass is 10.0. The van der Waals surface area contributed by atoms with Crippen molar-refractivity contribution in [3.63, 3.8) is 0 Å². The second kappa shape index (κ2) is 6.88. The van der Waals surface area contributed by atoms with E-state index in [0.717, 1.165) is 12.1 Å². The van der Waals surface area contributed by atoms with Gasteiger partial charge in [0.2, 0.25) is 0 Å². The van der Waals surface area contributed by atoms with Crippen LogP contribution in [0.25, 0.3) is 0 Å². The fourth-order valence-electron chi connectivity index (χ4n) is 2.05. The molecule has 0 spiro atoms. The molecule has 0 saturated carbocycles. The minimum Gasteiger partial charge on any atom is -0.395 e. The van der Waals surface area contributed by atoms with Crippen LogP contribution in [0.3, 0.4) is 0 Å². The number of aliphatic hydroxyl groups excluding tert-OH is 2. The number of likely N-dealkylation sites (N-methyl/N-ethyl adjacent to an activating group) is 1. The number of hydrogen-bond acceptors (Lipinski definition) is 3. The lowest BCUT2D eigenvalue weighted by Crippen LogP contribution is -2.33. The minimum absolute atomic E-state index is 0.136. The number of aliphatic hydroxyl groups is 2. The highest BCUT2D eigenvalue weighted by Crippen LogP contribution is 2.20. The van der Waals surface area contributed by atoms with Gasteiger partial charge in [0, 0.05) is 12.6 Å². The molecule has 1 aromatic carbocycles. The summed E-state index contributed by atoms with van der Waals surface area (Å²) in [6.45, 7) is 6.99. The molecule has 0 bridgehead atoms. The topological polar surface area (TPSA) is 43.7 Å². The Hall–Kier alpha value is -0.900. The van der Waals surface area contributed by atoms with Crippen molar-refractivity contribution in [2.24, 2.45) is 0 Å². The Bertz CT molecular complexity index is 359. The van der Waals surface area contributed by atoms with Crippen LogP contribution in [-0.4, -0.2) is 41.4 Å². The predicted octanol–water partition coefficient (Wildman–Crippen LogP) is 2.04. The first-order valence-electron chi connectivity index (χ1n) is 6.51. The Morgan fingerprint density at radius 2 is 1.72 bits per heavy atom. The molecule has 1 rings (SSSR count). The SMILES string of the molecule is Cc1cc(C)cc(C(O)CCN(C)C(C)CO)c1. The molecule has 0 aliphatic rings. The first-order chi connectivity index (χ1) is 8.43. The van der Waals surface area contributed by atoms with E-state index in [9.17, 15) is 5.11 Å². The summed E-state index contributed by atoms with van der Waals surface area (Å²) < 4.78 is 0. The quantitative estimate of drug-likeness (QED) is 0.813. The van der Waals surface area contributed by atoms with Crippen LogP contribution < -0.4 is 0 Å². The van der Waals surface area contributed by atoms with Gasteiger partial charge in [0.15, 0.2) is 0 Å². The van der Waals surface area contributed by atoms with E-state index in [0.29, 0.717) is 6.42 Å². The Balaban J connectivity index is 2.57. The minimum atomic E-state index is -0.433. The summed E-state index contributed by atoms with van der Waals surface area (Å²) in [4.78, 5) is 2.06. The van der Waals surface area contributed by atoms with E-state index >= 15 is 0 Å². The molecule has 0 aliphatic heterocycles. The Morgan fingerprint density at radius 1 is 1.17 bits per heavy atom. The van der Waals surface area contributed by atoms with Crippen LogP contribution in [0, 0.1) is 13.8 Å². The third-order valence-corrected chi connectivity index (χ3v) is 3.40. The highest BCUT2D eigenvalue weighted by atomic mass is 16.3. The van der Waals surface area contributed by atoms with Gasteiger partial charge >= 0.3 is 0 Å². The van der Waals surface area contributed by atoms with Crippen LogP contribution in [0.1, 0.15) is 36.1 Å². The molecular formula is C15H25NO2. The molecule has 0 saturated heterocycles. The first kappa shape index (κ1) is 15.2. The second-order valence-electron chi connectivity index (χ2n) is 5.24. The Morgan fingerprint density at radius 3 is 2.22 bits per heavy atom. The average Bonchev–Trinajstić information content (AvgIpc) is 2.33. The van der Waals surface area contributed by atoms with Crippen molar-refractivity contribution >= 4 is 0 Å². The van der Waals surface area contributed by atoms with Crippen LogP contribution in [-0.2, 0) is 0 Å². The summed E-state index contributed by atoms with van der Waals surface area (Å²) in [5.74, 6) is 0. The smallest absolute Gasteiger partial charge is 0.0802 e. The predicted molar refractivity (Wildman–Crippen MR) is 74.7 cm³/mol. The molecule has 0 fully saturated rings. The summed E-state index contributed by atoms with van der Waals surface area (Å²) in [5, 5.41) is 19.2. The van der Waals surface area contributed by atoms with Gasteiger partial charge in [-0.3, -0.25) is 0 Å².